The first-order valence-electron chi connectivity index (χ1n) is 6.86. The molecule has 2 aromatic heterocycles. The monoisotopic (exact) mass is 268 g/mol. The van der Waals surface area contributed by atoms with Crippen LogP contribution in [0.25, 0.3) is 11.3 Å². The molecule has 0 unspecified atom stereocenters. The molecule has 5 heteroatoms. The lowest BCUT2D eigenvalue weighted by Crippen LogP contribution is -2.36. The Kier molecular flexibility index (Phi) is 3.67. The van der Waals surface area contributed by atoms with Gasteiger partial charge in [-0.2, -0.15) is 0 Å². The highest BCUT2D eigenvalue weighted by atomic mass is 16.2. The van der Waals surface area contributed by atoms with Gasteiger partial charge in [0.2, 0.25) is 0 Å². The molecule has 0 radical (unpaired) electrons. The smallest absolute Gasteiger partial charge is 0.274 e. The van der Waals surface area contributed by atoms with E-state index in [4.69, 9.17) is 0 Å². The van der Waals surface area contributed by atoms with E-state index in [9.17, 15) is 4.79 Å². The Morgan fingerprint density at radius 3 is 2.50 bits per heavy atom. The minimum atomic E-state index is -0.0203. The maximum absolute atomic E-state index is 12.4. The predicted molar refractivity (Wildman–Crippen MR) is 75.0 cm³/mol. The van der Waals surface area contributed by atoms with E-state index in [-0.39, 0.29) is 5.91 Å². The largest absolute Gasteiger partial charge is 0.337 e. The first-order chi connectivity index (χ1) is 9.84. The molecule has 102 valence electrons. The third-order valence-electron chi connectivity index (χ3n) is 3.47. The Morgan fingerprint density at radius 2 is 1.75 bits per heavy atom. The number of aromatic nitrogens is 3. The zero-order chi connectivity index (χ0) is 13.8. The number of pyridine rings is 1. The molecule has 3 rings (SSSR count). The van der Waals surface area contributed by atoms with E-state index in [0.29, 0.717) is 11.4 Å². The van der Waals surface area contributed by atoms with Crippen LogP contribution in [0.5, 0.6) is 0 Å². The van der Waals surface area contributed by atoms with Crippen molar-refractivity contribution in [1.82, 2.24) is 19.9 Å². The summed E-state index contributed by atoms with van der Waals surface area (Å²) in [4.78, 5) is 26.8. The van der Waals surface area contributed by atoms with Gasteiger partial charge in [0.15, 0.2) is 0 Å². The summed E-state index contributed by atoms with van der Waals surface area (Å²) in [5.41, 5.74) is 2.04. The van der Waals surface area contributed by atoms with Crippen LogP contribution in [0.15, 0.2) is 36.9 Å². The van der Waals surface area contributed by atoms with Gasteiger partial charge in [-0.25, -0.2) is 4.98 Å². The molecule has 0 N–H and O–H groups in total. The van der Waals surface area contributed by atoms with Crippen molar-refractivity contribution in [2.75, 3.05) is 13.1 Å². The average molecular weight is 268 g/mol. The number of rotatable bonds is 2. The van der Waals surface area contributed by atoms with Crippen LogP contribution in [-0.4, -0.2) is 38.8 Å². The molecule has 3 heterocycles. The fraction of sp³-hybridized carbons (Fsp3) is 0.333. The summed E-state index contributed by atoms with van der Waals surface area (Å²) in [6.45, 7) is 1.64. The third kappa shape index (κ3) is 2.66. The van der Waals surface area contributed by atoms with Gasteiger partial charge in [0.05, 0.1) is 18.1 Å². The Bertz CT molecular complexity index is 594. The molecule has 0 spiro atoms. The van der Waals surface area contributed by atoms with Crippen molar-refractivity contribution < 1.29 is 4.79 Å². The molecule has 1 aliphatic heterocycles. The minimum absolute atomic E-state index is 0.0203. The molecule has 1 aliphatic rings. The van der Waals surface area contributed by atoms with Crippen molar-refractivity contribution >= 4 is 5.91 Å². The number of hydrogen-bond donors (Lipinski definition) is 0. The Morgan fingerprint density at radius 1 is 1.00 bits per heavy atom. The second-order valence-corrected chi connectivity index (χ2v) is 4.88. The van der Waals surface area contributed by atoms with Crippen molar-refractivity contribution in [3.8, 4) is 11.3 Å². The molecule has 1 amide bonds. The normalized spacial score (nSPS) is 15.1. The van der Waals surface area contributed by atoms with Crippen LogP contribution >= 0.6 is 0 Å². The zero-order valence-electron chi connectivity index (χ0n) is 11.2. The van der Waals surface area contributed by atoms with Gasteiger partial charge < -0.3 is 4.90 Å². The van der Waals surface area contributed by atoms with Crippen molar-refractivity contribution in [1.29, 1.82) is 0 Å². The highest BCUT2D eigenvalue weighted by Crippen LogP contribution is 2.16. The van der Waals surface area contributed by atoms with Crippen LogP contribution in [0.2, 0.25) is 0 Å². The summed E-state index contributed by atoms with van der Waals surface area (Å²) in [5, 5.41) is 0. The molecular formula is C15H16N4O. The molecular weight excluding hydrogens is 252 g/mol. The van der Waals surface area contributed by atoms with Crippen LogP contribution in [0, 0.1) is 0 Å². The Hall–Kier alpha value is -2.30. The first kappa shape index (κ1) is 12.7. The van der Waals surface area contributed by atoms with E-state index in [2.05, 4.69) is 15.0 Å². The Labute approximate surface area is 117 Å². The minimum Gasteiger partial charge on any atom is -0.337 e. The molecule has 0 aromatic carbocycles. The van der Waals surface area contributed by atoms with Gasteiger partial charge >= 0.3 is 0 Å². The fourth-order valence-corrected chi connectivity index (χ4v) is 2.39. The number of piperidine rings is 1. The number of likely N-dealkylation sites (tertiary alicyclic amines) is 1. The third-order valence-corrected chi connectivity index (χ3v) is 3.47. The summed E-state index contributed by atoms with van der Waals surface area (Å²) in [7, 11) is 0. The van der Waals surface area contributed by atoms with E-state index < -0.39 is 0 Å². The predicted octanol–water partition coefficient (Wildman–Crippen LogP) is 2.16. The number of carbonyl (C=O) groups excluding carboxylic acids is 1. The molecule has 1 fully saturated rings. The number of hydrogen-bond acceptors (Lipinski definition) is 4. The quantitative estimate of drug-likeness (QED) is 0.837. The lowest BCUT2D eigenvalue weighted by Gasteiger charge is -2.26. The lowest BCUT2D eigenvalue weighted by molar-refractivity contribution is 0.0718. The second kappa shape index (κ2) is 5.77. The molecule has 1 saturated heterocycles. The average Bonchev–Trinajstić information content (AvgIpc) is 2.56. The van der Waals surface area contributed by atoms with Crippen LogP contribution < -0.4 is 0 Å². The second-order valence-electron chi connectivity index (χ2n) is 4.88. The topological polar surface area (TPSA) is 59.0 Å². The first-order valence-corrected chi connectivity index (χ1v) is 6.86. The maximum Gasteiger partial charge on any atom is 0.274 e. The molecule has 0 saturated carbocycles. The molecule has 20 heavy (non-hydrogen) atoms. The maximum atomic E-state index is 12.4. The van der Waals surface area contributed by atoms with Gasteiger partial charge in [0.1, 0.15) is 5.69 Å². The molecule has 5 nitrogen and oxygen atoms in total. The Balaban J connectivity index is 1.85. The molecule has 2 aromatic rings. The van der Waals surface area contributed by atoms with Gasteiger partial charge in [0.25, 0.3) is 5.91 Å². The van der Waals surface area contributed by atoms with E-state index in [1.54, 1.807) is 24.8 Å². The van der Waals surface area contributed by atoms with Gasteiger partial charge in [-0.3, -0.25) is 14.8 Å². The SMILES string of the molecule is O=C(c1cncc(-c2ccncc2)n1)N1CCCCC1. The van der Waals surface area contributed by atoms with E-state index in [0.717, 1.165) is 31.5 Å². The van der Waals surface area contributed by atoms with Crippen molar-refractivity contribution in [2.24, 2.45) is 0 Å². The summed E-state index contributed by atoms with van der Waals surface area (Å²) < 4.78 is 0. The highest BCUT2D eigenvalue weighted by molar-refractivity contribution is 5.92. The fourth-order valence-electron chi connectivity index (χ4n) is 2.39. The lowest BCUT2D eigenvalue weighted by atomic mass is 10.1. The van der Waals surface area contributed by atoms with Crippen LogP contribution in [0.3, 0.4) is 0 Å². The van der Waals surface area contributed by atoms with E-state index >= 15 is 0 Å². The van der Waals surface area contributed by atoms with Crippen molar-refractivity contribution in [2.45, 2.75) is 19.3 Å². The van der Waals surface area contributed by atoms with Crippen molar-refractivity contribution in [3.63, 3.8) is 0 Å². The summed E-state index contributed by atoms with van der Waals surface area (Å²) >= 11 is 0. The standard InChI is InChI=1S/C15H16N4O/c20-15(19-8-2-1-3-9-19)14-11-17-10-13(18-14)12-4-6-16-7-5-12/h4-7,10-11H,1-3,8-9H2. The number of amides is 1. The summed E-state index contributed by atoms with van der Waals surface area (Å²) in [5.74, 6) is -0.0203. The van der Waals surface area contributed by atoms with Crippen LogP contribution in [0.4, 0.5) is 0 Å². The summed E-state index contributed by atoms with van der Waals surface area (Å²) in [6, 6.07) is 3.72. The van der Waals surface area contributed by atoms with Crippen LogP contribution in [-0.2, 0) is 0 Å². The van der Waals surface area contributed by atoms with E-state index in [1.807, 2.05) is 17.0 Å². The van der Waals surface area contributed by atoms with Crippen molar-refractivity contribution in [3.05, 3.63) is 42.6 Å². The highest BCUT2D eigenvalue weighted by Gasteiger charge is 2.19. The zero-order valence-corrected chi connectivity index (χ0v) is 11.2. The number of carbonyl (C=O) groups is 1. The molecule has 0 aliphatic carbocycles. The van der Waals surface area contributed by atoms with E-state index in [1.165, 1.54) is 6.42 Å². The van der Waals surface area contributed by atoms with Gasteiger partial charge in [-0.15, -0.1) is 0 Å². The molecule has 0 atom stereocenters. The van der Waals surface area contributed by atoms with Crippen LogP contribution in [0.1, 0.15) is 29.8 Å². The van der Waals surface area contributed by atoms with Gasteiger partial charge in [-0.1, -0.05) is 0 Å². The van der Waals surface area contributed by atoms with Gasteiger partial charge in [-0.05, 0) is 31.4 Å². The van der Waals surface area contributed by atoms with Gasteiger partial charge in [0, 0.05) is 31.0 Å². The number of nitrogens with zero attached hydrogens (tertiary/aromatic N) is 4. The summed E-state index contributed by atoms with van der Waals surface area (Å²) in [6.07, 6.45) is 9.97. The molecule has 0 bridgehead atoms.